The monoisotopic (exact) mass is 371 g/mol. The molecule has 27 heavy (non-hydrogen) atoms. The Hall–Kier alpha value is -2.08. The first-order valence-corrected chi connectivity index (χ1v) is 10.4. The smallest absolute Gasteiger partial charge is 0.327 e. The normalized spacial score (nSPS) is 23.4. The Labute approximate surface area is 161 Å². The number of piperazine rings is 1. The summed E-state index contributed by atoms with van der Waals surface area (Å²) in [5, 5.41) is 0. The lowest BCUT2D eigenvalue weighted by Crippen LogP contribution is -3.14. The molecular formula is C21H31N4O2+. The predicted octanol–water partition coefficient (Wildman–Crippen LogP) is 0.907. The Morgan fingerprint density at radius 3 is 2.59 bits per heavy atom. The Morgan fingerprint density at radius 1 is 1.07 bits per heavy atom. The van der Waals surface area contributed by atoms with Crippen molar-refractivity contribution in [2.45, 2.75) is 38.6 Å². The van der Waals surface area contributed by atoms with Gasteiger partial charge in [0, 0.05) is 18.8 Å². The molecule has 3 aliphatic rings. The first kappa shape index (κ1) is 18.3. The van der Waals surface area contributed by atoms with Crippen molar-refractivity contribution in [3.8, 4) is 0 Å². The first-order valence-electron chi connectivity index (χ1n) is 10.4. The van der Waals surface area contributed by atoms with Gasteiger partial charge in [-0.1, -0.05) is 18.2 Å². The lowest BCUT2D eigenvalue weighted by Gasteiger charge is -2.34. The van der Waals surface area contributed by atoms with Gasteiger partial charge in [0.2, 0.25) is 0 Å². The number of anilines is 1. The van der Waals surface area contributed by atoms with Crippen LogP contribution < -0.4 is 9.80 Å². The zero-order chi connectivity index (χ0) is 18.8. The molecule has 0 bridgehead atoms. The van der Waals surface area contributed by atoms with Gasteiger partial charge < -0.3 is 14.7 Å². The van der Waals surface area contributed by atoms with Crippen LogP contribution in [-0.4, -0.2) is 73.6 Å². The predicted molar refractivity (Wildman–Crippen MR) is 105 cm³/mol. The number of hydrogen-bond acceptors (Lipinski definition) is 3. The maximum atomic E-state index is 12.3. The fourth-order valence-corrected chi connectivity index (χ4v) is 4.76. The maximum absolute atomic E-state index is 12.3. The molecule has 0 spiro atoms. The van der Waals surface area contributed by atoms with E-state index in [1.807, 2.05) is 0 Å². The molecule has 6 heteroatoms. The summed E-state index contributed by atoms with van der Waals surface area (Å²) >= 11 is 0. The van der Waals surface area contributed by atoms with Crippen molar-refractivity contribution in [3.63, 3.8) is 0 Å². The molecule has 1 aromatic rings. The van der Waals surface area contributed by atoms with Gasteiger partial charge in [-0.05, 0) is 44.2 Å². The molecule has 0 unspecified atom stereocenters. The molecule has 0 aromatic heterocycles. The molecule has 0 aliphatic carbocycles. The number of urea groups is 1. The van der Waals surface area contributed by atoms with E-state index < -0.39 is 0 Å². The van der Waals surface area contributed by atoms with Crippen molar-refractivity contribution in [2.24, 2.45) is 0 Å². The summed E-state index contributed by atoms with van der Waals surface area (Å²) in [5.41, 5.74) is 2.71. The third kappa shape index (κ3) is 3.68. The number of amides is 3. The number of fused-ring (bicyclic) bond motifs is 1. The van der Waals surface area contributed by atoms with Crippen molar-refractivity contribution < 1.29 is 14.5 Å². The summed E-state index contributed by atoms with van der Waals surface area (Å²) in [6, 6.07) is 8.41. The number of aryl methyl sites for hydroxylation is 1. The largest absolute Gasteiger partial charge is 0.360 e. The summed E-state index contributed by atoms with van der Waals surface area (Å²) in [6.07, 6.45) is 3.80. The van der Waals surface area contributed by atoms with Crippen molar-refractivity contribution in [1.29, 1.82) is 0 Å². The van der Waals surface area contributed by atoms with E-state index in [-0.39, 0.29) is 18.0 Å². The Balaban J connectivity index is 1.18. The van der Waals surface area contributed by atoms with Gasteiger partial charge in [0.15, 0.2) is 0 Å². The van der Waals surface area contributed by atoms with E-state index in [9.17, 15) is 9.59 Å². The van der Waals surface area contributed by atoms with E-state index in [1.54, 1.807) is 9.80 Å². The number of quaternary nitrogens is 1. The molecule has 0 saturated carbocycles. The summed E-state index contributed by atoms with van der Waals surface area (Å²) in [5.74, 6) is 0.0386. The van der Waals surface area contributed by atoms with Crippen LogP contribution in [0.3, 0.4) is 0 Å². The average Bonchev–Trinajstić information content (AvgIpc) is 3.25. The fourth-order valence-electron chi connectivity index (χ4n) is 4.76. The van der Waals surface area contributed by atoms with Gasteiger partial charge in [0.25, 0.3) is 5.91 Å². The highest BCUT2D eigenvalue weighted by atomic mass is 16.2. The zero-order valence-corrected chi connectivity index (χ0v) is 16.3. The topological polar surface area (TPSA) is 48.3 Å². The highest BCUT2D eigenvalue weighted by Gasteiger charge is 2.46. The van der Waals surface area contributed by atoms with Crippen LogP contribution in [0, 0.1) is 6.92 Å². The number of unbranched alkanes of at least 4 members (excludes halogenated alkanes) is 1. The van der Waals surface area contributed by atoms with E-state index in [0.717, 1.165) is 65.0 Å². The number of carbonyl (C=O) groups is 2. The van der Waals surface area contributed by atoms with Crippen molar-refractivity contribution in [3.05, 3.63) is 29.8 Å². The summed E-state index contributed by atoms with van der Waals surface area (Å²) in [4.78, 5) is 32.0. The van der Waals surface area contributed by atoms with Gasteiger partial charge in [-0.25, -0.2) is 4.79 Å². The number of imide groups is 1. The van der Waals surface area contributed by atoms with Crippen LogP contribution in [0.25, 0.3) is 0 Å². The molecule has 3 amide bonds. The highest BCUT2D eigenvalue weighted by Crippen LogP contribution is 2.27. The maximum Gasteiger partial charge on any atom is 0.327 e. The highest BCUT2D eigenvalue weighted by molar-refractivity contribution is 6.04. The van der Waals surface area contributed by atoms with E-state index in [0.29, 0.717) is 6.54 Å². The van der Waals surface area contributed by atoms with Crippen LogP contribution in [0.1, 0.15) is 31.2 Å². The molecule has 3 aliphatic heterocycles. The first-order chi connectivity index (χ1) is 13.1. The van der Waals surface area contributed by atoms with Crippen LogP contribution >= 0.6 is 0 Å². The molecular weight excluding hydrogens is 340 g/mol. The average molecular weight is 372 g/mol. The van der Waals surface area contributed by atoms with Crippen molar-refractivity contribution >= 4 is 17.6 Å². The minimum Gasteiger partial charge on any atom is -0.360 e. The quantitative estimate of drug-likeness (QED) is 0.597. The summed E-state index contributed by atoms with van der Waals surface area (Å²) < 4.78 is 0. The lowest BCUT2D eigenvalue weighted by molar-refractivity contribution is -0.900. The molecule has 146 valence electrons. The molecule has 1 aromatic carbocycles. The van der Waals surface area contributed by atoms with Gasteiger partial charge >= 0.3 is 6.03 Å². The van der Waals surface area contributed by atoms with Crippen LogP contribution in [0.5, 0.6) is 0 Å². The molecule has 3 saturated heterocycles. The van der Waals surface area contributed by atoms with E-state index >= 15 is 0 Å². The Morgan fingerprint density at radius 2 is 1.85 bits per heavy atom. The third-order valence-corrected chi connectivity index (χ3v) is 6.37. The minimum atomic E-state index is -0.155. The van der Waals surface area contributed by atoms with Gasteiger partial charge in [-0.3, -0.25) is 9.69 Å². The molecule has 3 heterocycles. The fraction of sp³-hybridized carbons (Fsp3) is 0.619. The summed E-state index contributed by atoms with van der Waals surface area (Å²) in [7, 11) is 0. The van der Waals surface area contributed by atoms with Crippen LogP contribution in [0.15, 0.2) is 24.3 Å². The number of carbonyl (C=O) groups excluding carboxylic acids is 2. The van der Waals surface area contributed by atoms with Crippen LogP contribution in [-0.2, 0) is 4.79 Å². The van der Waals surface area contributed by atoms with Crippen molar-refractivity contribution in [1.82, 2.24) is 9.80 Å². The van der Waals surface area contributed by atoms with Crippen LogP contribution in [0.4, 0.5) is 10.5 Å². The Bertz CT molecular complexity index is 677. The third-order valence-electron chi connectivity index (χ3n) is 6.37. The second kappa shape index (κ2) is 7.89. The van der Waals surface area contributed by atoms with Gasteiger partial charge in [-0.2, -0.15) is 0 Å². The molecule has 3 fully saturated rings. The van der Waals surface area contributed by atoms with Gasteiger partial charge in [-0.15, -0.1) is 0 Å². The second-order valence-corrected chi connectivity index (χ2v) is 8.10. The SMILES string of the molecule is Cc1ccccc1N1CC[NH+](CCCCN2C(=O)[C@H]3CCCN3C2=O)CC1. The molecule has 1 N–H and O–H groups in total. The molecule has 4 rings (SSSR count). The van der Waals surface area contributed by atoms with E-state index in [2.05, 4.69) is 36.1 Å². The lowest BCUT2D eigenvalue weighted by atomic mass is 10.1. The van der Waals surface area contributed by atoms with E-state index in [4.69, 9.17) is 0 Å². The molecule has 6 nitrogen and oxygen atoms in total. The van der Waals surface area contributed by atoms with Crippen molar-refractivity contribution in [2.75, 3.05) is 50.7 Å². The second-order valence-electron chi connectivity index (χ2n) is 8.10. The van der Waals surface area contributed by atoms with Gasteiger partial charge in [0.1, 0.15) is 6.04 Å². The van der Waals surface area contributed by atoms with E-state index in [1.165, 1.54) is 16.2 Å². The molecule has 0 radical (unpaired) electrons. The zero-order valence-electron chi connectivity index (χ0n) is 16.3. The van der Waals surface area contributed by atoms with Crippen LogP contribution in [0.2, 0.25) is 0 Å². The minimum absolute atomic E-state index is 0.0386. The standard InChI is InChI=1S/C21H30N4O2/c1-17-7-2-3-8-18(17)23-15-13-22(14-16-23)10-4-5-11-25-20(26)19-9-6-12-24(19)21(25)27/h2-3,7-8,19H,4-6,9-16H2,1H3/p+1/t19-/m1/s1. The van der Waals surface area contributed by atoms with Gasteiger partial charge in [0.05, 0.1) is 32.7 Å². The number of nitrogens with one attached hydrogen (secondary N) is 1. The number of hydrogen-bond donors (Lipinski definition) is 1. The number of nitrogens with zero attached hydrogens (tertiary/aromatic N) is 3. The summed E-state index contributed by atoms with van der Waals surface area (Å²) in [6.45, 7) is 9.16. The number of para-hydroxylation sites is 1. The molecule has 1 atom stereocenters. The Kier molecular flexibility index (Phi) is 5.34. The number of rotatable bonds is 6. The number of benzene rings is 1.